The molecule has 0 aliphatic heterocycles. The number of aryl methyl sites for hydroxylation is 1. The summed E-state index contributed by atoms with van der Waals surface area (Å²) < 4.78 is 2.41. The van der Waals surface area contributed by atoms with Crippen LogP contribution in [0, 0.1) is 6.92 Å². The van der Waals surface area contributed by atoms with Crippen LogP contribution >= 0.6 is 0 Å². The van der Waals surface area contributed by atoms with Gasteiger partial charge in [0.05, 0.1) is 11.4 Å². The van der Waals surface area contributed by atoms with E-state index in [4.69, 9.17) is 0 Å². The van der Waals surface area contributed by atoms with Gasteiger partial charge >= 0.3 is 0 Å². The van der Waals surface area contributed by atoms with Crippen LogP contribution in [0.1, 0.15) is 5.56 Å². The molecule has 5 rings (SSSR count). The maximum atomic E-state index is 2.41. The third-order valence-electron chi connectivity index (χ3n) is 5.27. The van der Waals surface area contributed by atoms with E-state index in [-0.39, 0.29) is 0 Å². The summed E-state index contributed by atoms with van der Waals surface area (Å²) >= 11 is 0. The molecule has 0 aliphatic carbocycles. The van der Waals surface area contributed by atoms with Crippen molar-refractivity contribution in [3.63, 3.8) is 0 Å². The van der Waals surface area contributed by atoms with Crippen LogP contribution in [-0.4, -0.2) is 4.57 Å². The molecule has 28 heavy (non-hydrogen) atoms. The molecule has 134 valence electrons. The van der Waals surface area contributed by atoms with Gasteiger partial charge < -0.3 is 4.57 Å². The topological polar surface area (TPSA) is 4.93 Å². The van der Waals surface area contributed by atoms with Gasteiger partial charge in [-0.05, 0) is 30.2 Å². The van der Waals surface area contributed by atoms with Gasteiger partial charge in [0.2, 0.25) is 0 Å². The minimum atomic E-state index is 1.18. The van der Waals surface area contributed by atoms with Gasteiger partial charge in [-0.2, -0.15) is 0 Å². The van der Waals surface area contributed by atoms with Crippen molar-refractivity contribution in [1.82, 2.24) is 4.57 Å². The van der Waals surface area contributed by atoms with E-state index in [2.05, 4.69) is 121 Å². The molecule has 4 aromatic carbocycles. The van der Waals surface area contributed by atoms with Crippen LogP contribution in [-0.2, 0) is 0 Å². The lowest BCUT2D eigenvalue weighted by Gasteiger charge is -2.15. The van der Waals surface area contributed by atoms with Crippen LogP contribution in [0.4, 0.5) is 0 Å². The lowest BCUT2D eigenvalue weighted by molar-refractivity contribution is 1.10. The number of hydrogen-bond donors (Lipinski definition) is 0. The molecule has 0 amide bonds. The van der Waals surface area contributed by atoms with Gasteiger partial charge in [-0.15, -0.1) is 0 Å². The molecule has 0 spiro atoms. The molecule has 0 bridgehead atoms. The molecule has 0 atom stereocenters. The molecule has 0 saturated heterocycles. The van der Waals surface area contributed by atoms with E-state index in [0.29, 0.717) is 0 Å². The van der Waals surface area contributed by atoms with E-state index in [1.54, 1.807) is 0 Å². The Bertz CT molecular complexity index is 1150. The average Bonchev–Trinajstić information content (AvgIpc) is 3.11. The van der Waals surface area contributed by atoms with Crippen molar-refractivity contribution < 1.29 is 0 Å². The lowest BCUT2D eigenvalue weighted by Crippen LogP contribution is -1.99. The Hall–Kier alpha value is -3.58. The molecular formula is C27H21N. The summed E-state index contributed by atoms with van der Waals surface area (Å²) in [4.78, 5) is 0. The summed E-state index contributed by atoms with van der Waals surface area (Å²) in [5.41, 5.74) is 7.36. The minimum Gasteiger partial charge on any atom is -0.308 e. The Morgan fingerprint density at radius 1 is 0.464 bits per heavy atom. The number of aromatic nitrogens is 1. The maximum absolute atomic E-state index is 2.41. The molecule has 0 fully saturated rings. The van der Waals surface area contributed by atoms with Crippen LogP contribution in [0.25, 0.3) is 39.0 Å². The Kier molecular flexibility index (Phi) is 4.06. The second-order valence-electron chi connectivity index (χ2n) is 7.15. The maximum Gasteiger partial charge on any atom is 0.0613 e. The van der Waals surface area contributed by atoms with Crippen molar-refractivity contribution in [2.24, 2.45) is 0 Å². The smallest absolute Gasteiger partial charge is 0.0613 e. The van der Waals surface area contributed by atoms with Crippen molar-refractivity contribution in [2.75, 3.05) is 0 Å². The molecule has 0 radical (unpaired) electrons. The predicted octanol–water partition coefficient (Wildman–Crippen LogP) is 7.27. The summed E-state index contributed by atoms with van der Waals surface area (Å²) in [5, 5.41) is 2.54. The van der Waals surface area contributed by atoms with Gasteiger partial charge in [-0.1, -0.05) is 103 Å². The summed E-state index contributed by atoms with van der Waals surface area (Å²) in [6.45, 7) is 2.13. The number of fused-ring (bicyclic) bond motifs is 1. The lowest BCUT2D eigenvalue weighted by atomic mass is 10.0. The van der Waals surface area contributed by atoms with Crippen molar-refractivity contribution in [2.45, 2.75) is 6.92 Å². The van der Waals surface area contributed by atoms with Gasteiger partial charge in [0.15, 0.2) is 0 Å². The molecule has 1 nitrogen and oxygen atoms in total. The van der Waals surface area contributed by atoms with Crippen LogP contribution in [0.5, 0.6) is 0 Å². The molecule has 5 aromatic rings. The summed E-state index contributed by atoms with van der Waals surface area (Å²) in [7, 11) is 0. The van der Waals surface area contributed by atoms with Gasteiger partial charge in [0, 0.05) is 16.5 Å². The zero-order valence-corrected chi connectivity index (χ0v) is 15.8. The van der Waals surface area contributed by atoms with Crippen LogP contribution in [0.2, 0.25) is 0 Å². The Morgan fingerprint density at radius 2 is 0.893 bits per heavy atom. The molecule has 0 saturated carbocycles. The highest BCUT2D eigenvalue weighted by Crippen LogP contribution is 2.41. The minimum absolute atomic E-state index is 1.18. The SMILES string of the molecule is Cc1ccc(-n2c(-c3ccccc3)c3ccccc3c2-c2ccccc2)cc1. The molecule has 0 N–H and O–H groups in total. The first-order valence-corrected chi connectivity index (χ1v) is 9.64. The fraction of sp³-hybridized carbons (Fsp3) is 0.0370. The first kappa shape index (κ1) is 16.6. The molecule has 0 aliphatic rings. The zero-order valence-electron chi connectivity index (χ0n) is 15.8. The summed E-state index contributed by atoms with van der Waals surface area (Å²) in [6.07, 6.45) is 0. The second kappa shape index (κ2) is 6.86. The Labute approximate surface area is 165 Å². The average molecular weight is 359 g/mol. The first-order valence-electron chi connectivity index (χ1n) is 9.64. The number of nitrogens with zero attached hydrogens (tertiary/aromatic N) is 1. The number of hydrogen-bond acceptors (Lipinski definition) is 0. The van der Waals surface area contributed by atoms with Gasteiger partial charge in [0.1, 0.15) is 0 Å². The number of benzene rings is 4. The third-order valence-corrected chi connectivity index (χ3v) is 5.27. The molecule has 1 heteroatoms. The molecular weight excluding hydrogens is 338 g/mol. The first-order chi connectivity index (χ1) is 13.8. The third kappa shape index (κ3) is 2.73. The van der Waals surface area contributed by atoms with Crippen molar-refractivity contribution in [3.8, 4) is 28.2 Å². The van der Waals surface area contributed by atoms with Crippen molar-refractivity contribution >= 4 is 10.8 Å². The quantitative estimate of drug-likeness (QED) is 0.319. The van der Waals surface area contributed by atoms with E-state index in [1.165, 1.54) is 44.5 Å². The highest BCUT2D eigenvalue weighted by Gasteiger charge is 2.20. The molecule has 0 unspecified atom stereocenters. The van der Waals surface area contributed by atoms with Crippen molar-refractivity contribution in [3.05, 3.63) is 115 Å². The van der Waals surface area contributed by atoms with E-state index in [9.17, 15) is 0 Å². The predicted molar refractivity (Wildman–Crippen MR) is 119 cm³/mol. The molecule has 1 heterocycles. The Morgan fingerprint density at radius 3 is 1.36 bits per heavy atom. The molecule has 1 aromatic heterocycles. The summed E-state index contributed by atoms with van der Waals surface area (Å²) in [6, 6.07) is 38.9. The highest BCUT2D eigenvalue weighted by atomic mass is 15.0. The Balaban J connectivity index is 1.95. The van der Waals surface area contributed by atoms with E-state index in [1.807, 2.05) is 0 Å². The fourth-order valence-electron chi connectivity index (χ4n) is 3.96. The van der Waals surface area contributed by atoms with Crippen LogP contribution in [0.3, 0.4) is 0 Å². The van der Waals surface area contributed by atoms with E-state index in [0.717, 1.165) is 0 Å². The van der Waals surface area contributed by atoms with E-state index >= 15 is 0 Å². The van der Waals surface area contributed by atoms with E-state index < -0.39 is 0 Å². The zero-order chi connectivity index (χ0) is 18.9. The largest absolute Gasteiger partial charge is 0.308 e. The summed E-state index contributed by atoms with van der Waals surface area (Å²) in [5.74, 6) is 0. The van der Waals surface area contributed by atoms with Gasteiger partial charge in [-0.3, -0.25) is 0 Å². The normalized spacial score (nSPS) is 11.0. The second-order valence-corrected chi connectivity index (χ2v) is 7.15. The van der Waals surface area contributed by atoms with Gasteiger partial charge in [-0.25, -0.2) is 0 Å². The fourth-order valence-corrected chi connectivity index (χ4v) is 3.96. The van der Waals surface area contributed by atoms with Crippen LogP contribution in [0.15, 0.2) is 109 Å². The van der Waals surface area contributed by atoms with Gasteiger partial charge in [0.25, 0.3) is 0 Å². The monoisotopic (exact) mass is 359 g/mol. The number of rotatable bonds is 3. The van der Waals surface area contributed by atoms with Crippen molar-refractivity contribution in [1.29, 1.82) is 0 Å². The standard InChI is InChI=1S/C27H21N/c1-20-16-18-23(19-17-20)28-26(21-10-4-2-5-11-21)24-14-8-9-15-25(24)27(28)22-12-6-3-7-13-22/h2-19H,1H3. The highest BCUT2D eigenvalue weighted by molar-refractivity contribution is 6.06. The van der Waals surface area contributed by atoms with Crippen LogP contribution < -0.4 is 0 Å².